The lowest BCUT2D eigenvalue weighted by molar-refractivity contribution is -0.384. The van der Waals surface area contributed by atoms with Gasteiger partial charge in [-0.2, -0.15) is 0 Å². The van der Waals surface area contributed by atoms with Crippen LogP contribution in [0.25, 0.3) is 0 Å². The zero-order chi connectivity index (χ0) is 25.0. The molecule has 0 aromatic heterocycles. The average Bonchev–Trinajstić information content (AvgIpc) is 3.17. The van der Waals surface area contributed by atoms with Crippen LogP contribution >= 0.6 is 0 Å². The first-order valence-electron chi connectivity index (χ1n) is 12.1. The van der Waals surface area contributed by atoms with Crippen LogP contribution in [0.4, 0.5) is 5.69 Å². The van der Waals surface area contributed by atoms with E-state index < -0.39 is 28.0 Å². The number of carbonyl (C=O) groups is 2. The molecular formula is C28H27NO6. The number of esters is 1. The Bertz CT molecular complexity index is 1250. The van der Waals surface area contributed by atoms with Gasteiger partial charge in [-0.05, 0) is 78.9 Å². The van der Waals surface area contributed by atoms with Crippen molar-refractivity contribution in [1.82, 2.24) is 0 Å². The highest BCUT2D eigenvalue weighted by atomic mass is 16.6. The summed E-state index contributed by atoms with van der Waals surface area (Å²) in [6.07, 6.45) is 14.4. The van der Waals surface area contributed by atoms with Crippen LogP contribution in [0.15, 0.2) is 59.2 Å². The molecule has 0 aliphatic heterocycles. The molecule has 1 N–H and O–H groups in total. The van der Waals surface area contributed by atoms with E-state index in [1.165, 1.54) is 24.3 Å². The van der Waals surface area contributed by atoms with Gasteiger partial charge in [-0.3, -0.25) is 14.9 Å². The van der Waals surface area contributed by atoms with Gasteiger partial charge in [-0.15, -0.1) is 6.42 Å². The molecule has 7 nitrogen and oxygen atoms in total. The highest BCUT2D eigenvalue weighted by Gasteiger charge is 2.61. The Labute approximate surface area is 203 Å². The van der Waals surface area contributed by atoms with Gasteiger partial charge < -0.3 is 9.84 Å². The highest BCUT2D eigenvalue weighted by Crippen LogP contribution is 2.62. The fourth-order valence-electron chi connectivity index (χ4n) is 6.77. The Morgan fingerprint density at radius 3 is 2.71 bits per heavy atom. The lowest BCUT2D eigenvalue weighted by atomic mass is 9.56. The fraction of sp³-hybridized carbons (Fsp3) is 0.429. The number of nitro groups is 1. The van der Waals surface area contributed by atoms with Crippen molar-refractivity contribution in [3.63, 3.8) is 0 Å². The van der Waals surface area contributed by atoms with Crippen LogP contribution in [0.5, 0.6) is 0 Å². The van der Waals surface area contributed by atoms with Gasteiger partial charge in [-0.25, -0.2) is 4.79 Å². The maximum absolute atomic E-state index is 13.0. The maximum atomic E-state index is 13.0. The zero-order valence-electron chi connectivity index (χ0n) is 19.5. The number of ether oxygens (including phenoxy) is 1. The number of aliphatic hydroxyl groups is 1. The van der Waals surface area contributed by atoms with Crippen molar-refractivity contribution >= 4 is 17.4 Å². The van der Waals surface area contributed by atoms with Crippen molar-refractivity contribution in [2.45, 2.75) is 57.2 Å². The third-order valence-corrected chi connectivity index (χ3v) is 8.53. The Morgan fingerprint density at radius 2 is 2.06 bits per heavy atom. The summed E-state index contributed by atoms with van der Waals surface area (Å²) in [4.78, 5) is 35.7. The Kier molecular flexibility index (Phi) is 5.52. The number of fused-ring (bicyclic) bond motifs is 4. The number of hydrogen-bond donors (Lipinski definition) is 1. The number of allylic oxidation sites excluding steroid dienone is 3. The van der Waals surface area contributed by atoms with Gasteiger partial charge in [0, 0.05) is 24.0 Å². The van der Waals surface area contributed by atoms with E-state index in [4.69, 9.17) is 11.2 Å². The lowest BCUT2D eigenvalue weighted by Gasteiger charge is -2.49. The maximum Gasteiger partial charge on any atom is 0.338 e. The molecule has 1 aromatic carbocycles. The van der Waals surface area contributed by atoms with Crippen LogP contribution in [0.1, 0.15) is 55.8 Å². The number of hydrogen-bond acceptors (Lipinski definition) is 6. The van der Waals surface area contributed by atoms with E-state index in [0.717, 1.165) is 23.1 Å². The molecule has 4 aliphatic rings. The lowest BCUT2D eigenvalue weighted by Crippen LogP contribution is -2.49. The van der Waals surface area contributed by atoms with Gasteiger partial charge in [-0.1, -0.05) is 25.0 Å². The van der Waals surface area contributed by atoms with Crippen molar-refractivity contribution < 1.29 is 24.4 Å². The normalized spacial score (nSPS) is 33.2. The van der Waals surface area contributed by atoms with Gasteiger partial charge in [0.25, 0.3) is 5.69 Å². The number of carbonyl (C=O) groups excluding carboxylic acids is 2. The first-order valence-corrected chi connectivity index (χ1v) is 12.1. The van der Waals surface area contributed by atoms with E-state index in [2.05, 4.69) is 18.1 Å². The minimum Gasteiger partial charge on any atom is -0.454 e. The molecule has 0 heterocycles. The SMILES string of the molecule is C#C[C@]1(O)CC[C@H]2[C@@H]3C[C@H](OC(=O)c4ccc([N+](=O)[O-])cc4)C4=CC(=O)CCC4=C3C=C[C@@]21CC. The van der Waals surface area contributed by atoms with Gasteiger partial charge >= 0.3 is 5.97 Å². The Morgan fingerprint density at radius 1 is 1.31 bits per heavy atom. The molecule has 35 heavy (non-hydrogen) atoms. The topological polar surface area (TPSA) is 107 Å². The molecule has 0 unspecified atom stereocenters. The molecule has 180 valence electrons. The second-order valence-corrected chi connectivity index (χ2v) is 9.92. The largest absolute Gasteiger partial charge is 0.454 e. The third-order valence-electron chi connectivity index (χ3n) is 8.53. The molecule has 7 heteroatoms. The first kappa shape index (κ1) is 23.3. The number of nitro benzene ring substituents is 1. The van der Waals surface area contributed by atoms with Crippen molar-refractivity contribution in [2.75, 3.05) is 0 Å². The molecule has 5 rings (SSSR count). The van der Waals surface area contributed by atoms with E-state index in [-0.39, 0.29) is 28.9 Å². The summed E-state index contributed by atoms with van der Waals surface area (Å²) in [5, 5.41) is 22.3. The molecule has 0 bridgehead atoms. The summed E-state index contributed by atoms with van der Waals surface area (Å²) >= 11 is 0. The summed E-state index contributed by atoms with van der Waals surface area (Å²) < 4.78 is 5.95. The van der Waals surface area contributed by atoms with Crippen molar-refractivity contribution in [3.8, 4) is 12.3 Å². The van der Waals surface area contributed by atoms with Crippen molar-refractivity contribution in [3.05, 3.63) is 74.9 Å². The van der Waals surface area contributed by atoms with Crippen LogP contribution in [0.3, 0.4) is 0 Å². The number of terminal acetylenes is 1. The zero-order valence-corrected chi connectivity index (χ0v) is 19.5. The van der Waals surface area contributed by atoms with Gasteiger partial charge in [0.05, 0.1) is 10.5 Å². The Balaban J connectivity index is 1.52. The molecule has 1 aromatic rings. The number of rotatable bonds is 4. The summed E-state index contributed by atoms with van der Waals surface area (Å²) in [6, 6.07) is 5.29. The van der Waals surface area contributed by atoms with Gasteiger partial charge in [0.2, 0.25) is 0 Å². The van der Waals surface area contributed by atoms with Gasteiger partial charge in [0.1, 0.15) is 11.7 Å². The second-order valence-electron chi connectivity index (χ2n) is 9.92. The third kappa shape index (κ3) is 3.47. The minimum absolute atomic E-state index is 0.00412. The number of non-ortho nitro benzene ring substituents is 1. The summed E-state index contributed by atoms with van der Waals surface area (Å²) in [6.45, 7) is 2.04. The minimum atomic E-state index is -1.22. The van der Waals surface area contributed by atoms with Crippen LogP contribution in [0, 0.1) is 39.7 Å². The quantitative estimate of drug-likeness (QED) is 0.299. The highest BCUT2D eigenvalue weighted by molar-refractivity contribution is 5.94. The monoisotopic (exact) mass is 473 g/mol. The van der Waals surface area contributed by atoms with E-state index in [0.29, 0.717) is 32.1 Å². The van der Waals surface area contributed by atoms with Crippen molar-refractivity contribution in [2.24, 2.45) is 17.3 Å². The number of benzene rings is 1. The molecule has 4 aliphatic carbocycles. The smallest absolute Gasteiger partial charge is 0.338 e. The van der Waals surface area contributed by atoms with Crippen LogP contribution in [-0.4, -0.2) is 33.5 Å². The average molecular weight is 474 g/mol. The summed E-state index contributed by atoms with van der Waals surface area (Å²) in [5.41, 5.74) is 1.27. The summed E-state index contributed by atoms with van der Waals surface area (Å²) in [5.74, 6) is 2.22. The standard InChI is InChI=1S/C28H27NO6/c1-3-27-13-11-21-20-10-9-19(30)15-23(20)25(16-22(21)24(27)12-14-28(27,32)4-2)35-26(31)17-5-7-18(8-6-17)29(33)34/h2,5-8,11,13,15,22,24-25,32H,3,9-10,12,14,16H2,1H3/t22-,24+,25+,27+,28+/m1/s1. The van der Waals surface area contributed by atoms with Crippen LogP contribution in [-0.2, 0) is 9.53 Å². The Hall–Kier alpha value is -3.50. The van der Waals surface area contributed by atoms with E-state index >= 15 is 0 Å². The number of nitrogens with zero attached hydrogens (tertiary/aromatic N) is 1. The number of ketones is 1. The molecule has 1 fully saturated rings. The van der Waals surface area contributed by atoms with E-state index in [1.807, 2.05) is 6.92 Å². The fourth-order valence-corrected chi connectivity index (χ4v) is 6.77. The summed E-state index contributed by atoms with van der Waals surface area (Å²) in [7, 11) is 0. The van der Waals surface area contributed by atoms with Crippen molar-refractivity contribution in [1.29, 1.82) is 0 Å². The molecule has 1 saturated carbocycles. The van der Waals surface area contributed by atoms with E-state index in [1.54, 1.807) is 6.08 Å². The molecule has 0 saturated heterocycles. The second kappa shape index (κ2) is 8.31. The predicted molar refractivity (Wildman–Crippen MR) is 128 cm³/mol. The molecule has 0 spiro atoms. The molecule has 5 atom stereocenters. The molecule has 0 radical (unpaired) electrons. The predicted octanol–water partition coefficient (Wildman–Crippen LogP) is 4.47. The first-order chi connectivity index (χ1) is 16.7. The van der Waals surface area contributed by atoms with E-state index in [9.17, 15) is 24.8 Å². The van der Waals surface area contributed by atoms with Crippen LogP contribution in [0.2, 0.25) is 0 Å². The van der Waals surface area contributed by atoms with Crippen LogP contribution < -0.4 is 0 Å². The molecule has 0 amide bonds. The van der Waals surface area contributed by atoms with Gasteiger partial charge in [0.15, 0.2) is 5.78 Å². The molecular weight excluding hydrogens is 446 g/mol.